The van der Waals surface area contributed by atoms with Crippen molar-refractivity contribution in [2.24, 2.45) is 5.92 Å². The number of hydrogen-bond acceptors (Lipinski definition) is 5. The Bertz CT molecular complexity index is 511. The molecule has 0 aliphatic heterocycles. The van der Waals surface area contributed by atoms with Crippen LogP contribution in [-0.4, -0.2) is 28.2 Å². The van der Waals surface area contributed by atoms with Crippen molar-refractivity contribution in [2.75, 3.05) is 18.0 Å². The molecule has 0 radical (unpaired) electrons. The smallest absolute Gasteiger partial charge is 0.253 e. The third kappa shape index (κ3) is 4.88. The van der Waals surface area contributed by atoms with Crippen molar-refractivity contribution >= 4 is 23.5 Å². The molecular weight excluding hydrogens is 276 g/mol. The Kier molecular flexibility index (Phi) is 5.46. The molecule has 0 bridgehead atoms. The number of thioether (sulfide) groups is 1. The van der Waals surface area contributed by atoms with Gasteiger partial charge >= 0.3 is 0 Å². The second-order valence-corrected chi connectivity index (χ2v) is 6.04. The van der Waals surface area contributed by atoms with Gasteiger partial charge in [-0.3, -0.25) is 9.59 Å². The van der Waals surface area contributed by atoms with Gasteiger partial charge in [0.2, 0.25) is 5.91 Å². The summed E-state index contributed by atoms with van der Waals surface area (Å²) in [4.78, 5) is 29.5. The molecule has 7 heteroatoms. The lowest BCUT2D eigenvalue weighted by Crippen LogP contribution is -2.31. The lowest BCUT2D eigenvalue weighted by Gasteiger charge is -2.21. The van der Waals surface area contributed by atoms with Crippen LogP contribution >= 0.6 is 11.8 Å². The summed E-state index contributed by atoms with van der Waals surface area (Å²) < 4.78 is 0. The highest BCUT2D eigenvalue weighted by molar-refractivity contribution is 7.99. The molecule has 1 aliphatic carbocycles. The normalized spacial score (nSPS) is 16.0. The van der Waals surface area contributed by atoms with E-state index in [9.17, 15) is 9.59 Å². The number of aromatic nitrogens is 2. The van der Waals surface area contributed by atoms with E-state index in [-0.39, 0.29) is 23.0 Å². The number of amides is 1. The summed E-state index contributed by atoms with van der Waals surface area (Å²) in [5.74, 6) is 0.978. The van der Waals surface area contributed by atoms with Crippen LogP contribution in [0.5, 0.6) is 0 Å². The van der Waals surface area contributed by atoms with Gasteiger partial charge in [0.05, 0.1) is 5.75 Å². The van der Waals surface area contributed by atoms with Gasteiger partial charge in [0, 0.05) is 12.6 Å². The third-order valence-corrected chi connectivity index (χ3v) is 4.27. The number of nitrogens with zero attached hydrogens (tertiary/aromatic N) is 1. The lowest BCUT2D eigenvalue weighted by atomic mass is 9.89. The zero-order valence-electron chi connectivity index (χ0n) is 11.4. The van der Waals surface area contributed by atoms with Crippen molar-refractivity contribution in [3.8, 4) is 0 Å². The fourth-order valence-corrected chi connectivity index (χ4v) is 3.07. The van der Waals surface area contributed by atoms with Gasteiger partial charge in [0.1, 0.15) is 5.82 Å². The van der Waals surface area contributed by atoms with Gasteiger partial charge in [0.25, 0.3) is 5.56 Å². The molecule has 1 aromatic rings. The van der Waals surface area contributed by atoms with Crippen LogP contribution in [0.4, 0.5) is 5.82 Å². The summed E-state index contributed by atoms with van der Waals surface area (Å²) in [7, 11) is 0. The zero-order chi connectivity index (χ0) is 14.4. The largest absolute Gasteiger partial charge is 0.383 e. The minimum atomic E-state index is -0.303. The molecular formula is C13H20N4O2S. The van der Waals surface area contributed by atoms with Crippen molar-refractivity contribution < 1.29 is 4.79 Å². The van der Waals surface area contributed by atoms with Crippen molar-refractivity contribution in [1.29, 1.82) is 0 Å². The first-order chi connectivity index (χ1) is 9.63. The molecule has 0 atom stereocenters. The molecule has 1 aromatic heterocycles. The number of anilines is 1. The average Bonchev–Trinajstić information content (AvgIpc) is 2.43. The van der Waals surface area contributed by atoms with Gasteiger partial charge in [0.15, 0.2) is 5.16 Å². The molecule has 0 aromatic carbocycles. The molecule has 1 fully saturated rings. The maximum Gasteiger partial charge on any atom is 0.253 e. The van der Waals surface area contributed by atoms with Crippen molar-refractivity contribution in [3.63, 3.8) is 0 Å². The van der Waals surface area contributed by atoms with Crippen LogP contribution in [0.1, 0.15) is 32.1 Å². The minimum absolute atomic E-state index is 0.0364. The van der Waals surface area contributed by atoms with E-state index in [0.717, 1.165) is 6.54 Å². The van der Waals surface area contributed by atoms with E-state index in [0.29, 0.717) is 11.1 Å². The standard InChI is InChI=1S/C13H20N4O2S/c14-10-6-11(18)17-13(16-10)20-8-12(19)15-7-9-4-2-1-3-5-9/h6,9H,1-5,7-8H2,(H,15,19)(H3,14,16,17,18). The van der Waals surface area contributed by atoms with E-state index < -0.39 is 0 Å². The van der Waals surface area contributed by atoms with Crippen molar-refractivity contribution in [2.45, 2.75) is 37.3 Å². The maximum atomic E-state index is 11.7. The summed E-state index contributed by atoms with van der Waals surface area (Å²) in [5.41, 5.74) is 5.17. The molecule has 2 rings (SSSR count). The highest BCUT2D eigenvalue weighted by atomic mass is 32.2. The molecule has 1 saturated carbocycles. The monoisotopic (exact) mass is 296 g/mol. The summed E-state index contributed by atoms with van der Waals surface area (Å²) in [6.45, 7) is 0.750. The van der Waals surface area contributed by atoms with Crippen LogP contribution in [-0.2, 0) is 4.79 Å². The van der Waals surface area contributed by atoms with Crippen LogP contribution in [0.2, 0.25) is 0 Å². The quantitative estimate of drug-likeness (QED) is 0.559. The summed E-state index contributed by atoms with van der Waals surface area (Å²) in [6, 6.07) is 1.22. The molecule has 6 nitrogen and oxygen atoms in total. The third-order valence-electron chi connectivity index (χ3n) is 3.39. The highest BCUT2D eigenvalue weighted by Gasteiger charge is 2.14. The number of carbonyl (C=O) groups excluding carboxylic acids is 1. The van der Waals surface area contributed by atoms with E-state index in [1.54, 1.807) is 0 Å². The fraction of sp³-hybridized carbons (Fsp3) is 0.615. The first kappa shape index (κ1) is 14.9. The molecule has 0 saturated heterocycles. The van der Waals surface area contributed by atoms with Gasteiger partial charge in [-0.1, -0.05) is 31.0 Å². The minimum Gasteiger partial charge on any atom is -0.383 e. The van der Waals surface area contributed by atoms with Gasteiger partial charge in [-0.05, 0) is 18.8 Å². The highest BCUT2D eigenvalue weighted by Crippen LogP contribution is 2.22. The first-order valence-corrected chi connectivity index (χ1v) is 7.88. The van der Waals surface area contributed by atoms with E-state index in [4.69, 9.17) is 5.73 Å². The SMILES string of the molecule is Nc1cc(=O)[nH]c(SCC(=O)NCC2CCCCC2)n1. The van der Waals surface area contributed by atoms with Crippen LogP contribution in [0, 0.1) is 5.92 Å². The van der Waals surface area contributed by atoms with Gasteiger partial charge in [-0.25, -0.2) is 4.98 Å². The molecule has 1 amide bonds. The van der Waals surface area contributed by atoms with Gasteiger partial charge in [-0.2, -0.15) is 0 Å². The predicted octanol–water partition coefficient (Wildman–Crippen LogP) is 1.14. The second kappa shape index (κ2) is 7.33. The number of nitrogens with two attached hydrogens (primary N) is 1. The molecule has 110 valence electrons. The Balaban J connectivity index is 1.72. The van der Waals surface area contributed by atoms with Gasteiger partial charge < -0.3 is 16.0 Å². The number of rotatable bonds is 5. The Hall–Kier alpha value is -1.50. The van der Waals surface area contributed by atoms with E-state index in [1.165, 1.54) is 49.9 Å². The Morgan fingerprint density at radius 3 is 2.90 bits per heavy atom. The molecule has 4 N–H and O–H groups in total. The number of nitrogen functional groups attached to an aromatic ring is 1. The molecule has 20 heavy (non-hydrogen) atoms. The average molecular weight is 296 g/mol. The number of carbonyl (C=O) groups is 1. The molecule has 1 heterocycles. The topological polar surface area (TPSA) is 101 Å². The van der Waals surface area contributed by atoms with Crippen LogP contribution in [0.15, 0.2) is 16.0 Å². The summed E-state index contributed by atoms with van der Waals surface area (Å²) >= 11 is 1.18. The van der Waals surface area contributed by atoms with E-state index in [2.05, 4.69) is 15.3 Å². The van der Waals surface area contributed by atoms with E-state index in [1.807, 2.05) is 0 Å². The second-order valence-electron chi connectivity index (χ2n) is 5.07. The Morgan fingerprint density at radius 2 is 2.20 bits per heavy atom. The van der Waals surface area contributed by atoms with Crippen molar-refractivity contribution in [3.05, 3.63) is 16.4 Å². The summed E-state index contributed by atoms with van der Waals surface area (Å²) in [6.07, 6.45) is 6.26. The predicted molar refractivity (Wildman–Crippen MR) is 79.6 cm³/mol. The number of aromatic amines is 1. The first-order valence-electron chi connectivity index (χ1n) is 6.90. The van der Waals surface area contributed by atoms with Crippen molar-refractivity contribution in [1.82, 2.24) is 15.3 Å². The molecule has 0 spiro atoms. The number of nitrogens with one attached hydrogen (secondary N) is 2. The number of hydrogen-bond donors (Lipinski definition) is 3. The van der Waals surface area contributed by atoms with Crippen LogP contribution in [0.3, 0.4) is 0 Å². The Morgan fingerprint density at radius 1 is 1.45 bits per heavy atom. The Labute approximate surface area is 121 Å². The lowest BCUT2D eigenvalue weighted by molar-refractivity contribution is -0.118. The van der Waals surface area contributed by atoms with Crippen LogP contribution < -0.4 is 16.6 Å². The zero-order valence-corrected chi connectivity index (χ0v) is 12.2. The molecule has 1 aliphatic rings. The maximum absolute atomic E-state index is 11.7. The van der Waals surface area contributed by atoms with Gasteiger partial charge in [-0.15, -0.1) is 0 Å². The van der Waals surface area contributed by atoms with Crippen LogP contribution in [0.25, 0.3) is 0 Å². The molecule has 0 unspecified atom stereocenters. The fourth-order valence-electron chi connectivity index (χ4n) is 2.36. The van der Waals surface area contributed by atoms with E-state index >= 15 is 0 Å². The summed E-state index contributed by atoms with van der Waals surface area (Å²) in [5, 5.41) is 3.32. The number of H-pyrrole nitrogens is 1.